The third-order valence-electron chi connectivity index (χ3n) is 7.58. The van der Waals surface area contributed by atoms with Gasteiger partial charge in [-0.15, -0.1) is 0 Å². The first-order valence-corrected chi connectivity index (χ1v) is 17.4. The van der Waals surface area contributed by atoms with Crippen LogP contribution in [0.4, 0.5) is 0 Å². The number of amides is 2. The molecule has 262 valence electrons. The van der Waals surface area contributed by atoms with Gasteiger partial charge in [0, 0.05) is 25.8 Å². The zero-order valence-corrected chi connectivity index (χ0v) is 27.9. The van der Waals surface area contributed by atoms with E-state index in [1.807, 2.05) is 0 Å². The highest BCUT2D eigenvalue weighted by atomic mass is 16.5. The smallest absolute Gasteiger partial charge is 0.326 e. The first-order valence-electron chi connectivity index (χ1n) is 17.4. The standard InChI is InChI=1S/C34H62N2O9/c1-29(37)28-45-27-26-44-25-24-35-31(38)23-22-30(34(42)43)36-32(39)20-18-16-14-12-10-8-6-4-2-3-5-7-9-11-13-15-17-19-21-33(40)41/h30H,2-28H2,1H3,(H,35,38)(H,36,39)(H,40,41)(H,42,43)/t30-/m1/s1. The second kappa shape index (κ2) is 31.5. The number of unbranched alkanes of at least 4 members (excludes halogenated alkanes) is 17. The van der Waals surface area contributed by atoms with E-state index in [2.05, 4.69) is 10.6 Å². The molecule has 0 spiro atoms. The van der Waals surface area contributed by atoms with E-state index in [0.29, 0.717) is 19.6 Å². The van der Waals surface area contributed by atoms with Gasteiger partial charge in [0.25, 0.3) is 0 Å². The Hall–Kier alpha value is -2.53. The first kappa shape index (κ1) is 42.5. The van der Waals surface area contributed by atoms with Crippen LogP contribution in [-0.4, -0.2) is 78.8 Å². The molecule has 0 fully saturated rings. The van der Waals surface area contributed by atoms with E-state index < -0.39 is 18.0 Å². The summed E-state index contributed by atoms with van der Waals surface area (Å²) in [5, 5.41) is 23.2. The Morgan fingerprint density at radius 1 is 0.556 bits per heavy atom. The number of Topliss-reactive ketones (excluding diaryl/α,β-unsaturated/α-hetero) is 1. The number of carbonyl (C=O) groups excluding carboxylic acids is 3. The van der Waals surface area contributed by atoms with Crippen molar-refractivity contribution in [3.05, 3.63) is 0 Å². The molecule has 0 aliphatic carbocycles. The molecule has 45 heavy (non-hydrogen) atoms. The average Bonchev–Trinajstić information content (AvgIpc) is 2.99. The van der Waals surface area contributed by atoms with Crippen LogP contribution in [-0.2, 0) is 33.4 Å². The summed E-state index contributed by atoms with van der Waals surface area (Å²) in [7, 11) is 0. The van der Waals surface area contributed by atoms with Gasteiger partial charge >= 0.3 is 11.9 Å². The Bertz CT molecular complexity index is 792. The zero-order valence-electron chi connectivity index (χ0n) is 27.9. The van der Waals surface area contributed by atoms with Crippen LogP contribution in [0.3, 0.4) is 0 Å². The van der Waals surface area contributed by atoms with Gasteiger partial charge in [-0.25, -0.2) is 4.79 Å². The molecule has 11 heteroatoms. The van der Waals surface area contributed by atoms with Crippen LogP contribution in [0.1, 0.15) is 148 Å². The van der Waals surface area contributed by atoms with E-state index >= 15 is 0 Å². The summed E-state index contributed by atoms with van der Waals surface area (Å²) >= 11 is 0. The summed E-state index contributed by atoms with van der Waals surface area (Å²) < 4.78 is 10.4. The number of ether oxygens (including phenoxy) is 2. The number of aliphatic carboxylic acids is 2. The molecule has 0 unspecified atom stereocenters. The van der Waals surface area contributed by atoms with Gasteiger partial charge in [0.15, 0.2) is 5.78 Å². The van der Waals surface area contributed by atoms with Gasteiger partial charge in [0.05, 0.1) is 19.8 Å². The lowest BCUT2D eigenvalue weighted by Crippen LogP contribution is -2.41. The fourth-order valence-corrected chi connectivity index (χ4v) is 4.98. The lowest BCUT2D eigenvalue weighted by atomic mass is 10.0. The average molecular weight is 643 g/mol. The number of ketones is 1. The van der Waals surface area contributed by atoms with E-state index in [1.165, 1.54) is 77.6 Å². The molecule has 0 saturated carbocycles. The Morgan fingerprint density at radius 3 is 1.44 bits per heavy atom. The van der Waals surface area contributed by atoms with Crippen LogP contribution in [0.15, 0.2) is 0 Å². The second-order valence-electron chi connectivity index (χ2n) is 12.0. The predicted molar refractivity (Wildman–Crippen MR) is 174 cm³/mol. The summed E-state index contributed by atoms with van der Waals surface area (Å²) in [4.78, 5) is 57.0. The van der Waals surface area contributed by atoms with Crippen LogP contribution in [0, 0.1) is 0 Å². The molecule has 0 heterocycles. The highest BCUT2D eigenvalue weighted by molar-refractivity contribution is 5.84. The van der Waals surface area contributed by atoms with Gasteiger partial charge in [-0.2, -0.15) is 0 Å². The van der Waals surface area contributed by atoms with Gasteiger partial charge in [-0.05, 0) is 26.2 Å². The van der Waals surface area contributed by atoms with E-state index in [4.69, 9.17) is 14.6 Å². The number of nitrogens with one attached hydrogen (secondary N) is 2. The highest BCUT2D eigenvalue weighted by Crippen LogP contribution is 2.15. The number of hydrogen-bond donors (Lipinski definition) is 4. The summed E-state index contributed by atoms with van der Waals surface area (Å²) in [6.07, 6.45) is 21.5. The molecule has 4 N–H and O–H groups in total. The van der Waals surface area contributed by atoms with E-state index in [9.17, 15) is 29.1 Å². The van der Waals surface area contributed by atoms with Crippen molar-refractivity contribution in [1.29, 1.82) is 0 Å². The van der Waals surface area contributed by atoms with E-state index in [0.717, 1.165) is 44.9 Å². The number of carboxylic acid groups (broad SMARTS) is 2. The van der Waals surface area contributed by atoms with Crippen molar-refractivity contribution in [2.24, 2.45) is 0 Å². The Kier molecular flexibility index (Phi) is 29.7. The Labute approximate surface area is 271 Å². The van der Waals surface area contributed by atoms with Gasteiger partial charge in [-0.3, -0.25) is 19.2 Å². The normalized spacial score (nSPS) is 11.7. The van der Waals surface area contributed by atoms with E-state index in [-0.39, 0.29) is 56.6 Å². The van der Waals surface area contributed by atoms with Crippen LogP contribution in [0.5, 0.6) is 0 Å². The summed E-state index contributed by atoms with van der Waals surface area (Å²) in [5.74, 6) is -2.50. The van der Waals surface area contributed by atoms with Gasteiger partial charge in [0.1, 0.15) is 12.6 Å². The molecule has 0 aliphatic rings. The van der Waals surface area contributed by atoms with Crippen molar-refractivity contribution in [3.8, 4) is 0 Å². The van der Waals surface area contributed by atoms with Crippen LogP contribution < -0.4 is 10.6 Å². The summed E-state index contributed by atoms with van der Waals surface area (Å²) in [6, 6.07) is -1.09. The van der Waals surface area contributed by atoms with Crippen molar-refractivity contribution in [1.82, 2.24) is 10.6 Å². The second-order valence-corrected chi connectivity index (χ2v) is 12.0. The fourth-order valence-electron chi connectivity index (χ4n) is 4.98. The van der Waals surface area contributed by atoms with Crippen LogP contribution >= 0.6 is 0 Å². The molecule has 0 aromatic heterocycles. The first-order chi connectivity index (χ1) is 21.7. The molecule has 1 atom stereocenters. The SMILES string of the molecule is CC(=O)COCCOCCNC(=O)CC[C@@H](NC(=O)CCCCCCCCCCCCCCCCCCCCC(=O)O)C(=O)O. The van der Waals surface area contributed by atoms with Crippen molar-refractivity contribution in [2.45, 2.75) is 154 Å². The maximum atomic E-state index is 12.2. The lowest BCUT2D eigenvalue weighted by Gasteiger charge is -2.14. The highest BCUT2D eigenvalue weighted by Gasteiger charge is 2.20. The maximum Gasteiger partial charge on any atom is 0.326 e. The van der Waals surface area contributed by atoms with Crippen molar-refractivity contribution < 1.29 is 43.7 Å². The number of hydrogen-bond acceptors (Lipinski definition) is 7. The third-order valence-corrected chi connectivity index (χ3v) is 7.58. The molecule has 0 bridgehead atoms. The third kappa shape index (κ3) is 32.7. The Morgan fingerprint density at radius 2 is 1.00 bits per heavy atom. The van der Waals surface area contributed by atoms with Crippen LogP contribution in [0.25, 0.3) is 0 Å². The van der Waals surface area contributed by atoms with Gasteiger partial charge in [0.2, 0.25) is 11.8 Å². The molecular weight excluding hydrogens is 580 g/mol. The quantitative estimate of drug-likeness (QED) is 0.0619. The maximum absolute atomic E-state index is 12.2. The topological polar surface area (TPSA) is 168 Å². The van der Waals surface area contributed by atoms with Gasteiger partial charge in [-0.1, -0.05) is 103 Å². The molecular formula is C34H62N2O9. The van der Waals surface area contributed by atoms with Crippen molar-refractivity contribution >= 4 is 29.5 Å². The van der Waals surface area contributed by atoms with Crippen LogP contribution in [0.2, 0.25) is 0 Å². The lowest BCUT2D eigenvalue weighted by molar-refractivity contribution is -0.142. The van der Waals surface area contributed by atoms with Crippen molar-refractivity contribution in [2.75, 3.05) is 33.0 Å². The monoisotopic (exact) mass is 642 g/mol. The number of rotatable bonds is 34. The summed E-state index contributed by atoms with van der Waals surface area (Å²) in [6.45, 7) is 2.64. The fraction of sp³-hybridized carbons (Fsp3) is 0.853. The van der Waals surface area contributed by atoms with Crippen molar-refractivity contribution in [3.63, 3.8) is 0 Å². The van der Waals surface area contributed by atoms with Gasteiger partial charge < -0.3 is 30.3 Å². The summed E-state index contributed by atoms with van der Waals surface area (Å²) in [5.41, 5.74) is 0. The zero-order chi connectivity index (χ0) is 33.4. The minimum Gasteiger partial charge on any atom is -0.481 e. The molecule has 0 aromatic rings. The molecule has 0 aliphatic heterocycles. The minimum absolute atomic E-state index is 0.0150. The van der Waals surface area contributed by atoms with E-state index in [1.54, 1.807) is 0 Å². The molecule has 0 aromatic carbocycles. The molecule has 0 rings (SSSR count). The molecule has 0 radical (unpaired) electrons. The Balaban J connectivity index is 3.58. The predicted octanol–water partition coefficient (Wildman–Crippen LogP) is 5.96. The number of carbonyl (C=O) groups is 5. The largest absolute Gasteiger partial charge is 0.481 e. The molecule has 0 saturated heterocycles. The molecule has 2 amide bonds. The number of carboxylic acids is 2. The minimum atomic E-state index is -1.15. The molecule has 11 nitrogen and oxygen atoms in total.